The molecule has 2 atom stereocenters. The Labute approximate surface area is 235 Å². The highest BCUT2D eigenvalue weighted by molar-refractivity contribution is 7.92. The molecule has 8 nitrogen and oxygen atoms in total. The van der Waals surface area contributed by atoms with Crippen LogP contribution in [0.4, 0.5) is 10.1 Å². The molecule has 0 spiro atoms. The zero-order valence-electron chi connectivity index (χ0n) is 23.2. The summed E-state index contributed by atoms with van der Waals surface area (Å²) in [5, 5.41) is 2.88. The number of anilines is 1. The van der Waals surface area contributed by atoms with Crippen LogP contribution in [-0.2, 0) is 26.2 Å². The molecule has 2 amide bonds. The van der Waals surface area contributed by atoms with E-state index in [1.807, 2.05) is 20.8 Å². The van der Waals surface area contributed by atoms with Crippen LogP contribution in [0.25, 0.3) is 0 Å². The molecule has 0 radical (unpaired) electrons. The summed E-state index contributed by atoms with van der Waals surface area (Å²) in [6.07, 6.45) is 0.700. The van der Waals surface area contributed by atoms with E-state index in [4.69, 9.17) is 4.74 Å². The van der Waals surface area contributed by atoms with Crippen molar-refractivity contribution in [3.63, 3.8) is 0 Å². The number of nitrogens with zero attached hydrogens (tertiary/aromatic N) is 2. The van der Waals surface area contributed by atoms with Crippen LogP contribution in [-0.4, -0.2) is 50.4 Å². The summed E-state index contributed by atoms with van der Waals surface area (Å²) < 4.78 is 47.6. The number of carbonyl (C=O) groups excluding carboxylic acids is 2. The lowest BCUT2D eigenvalue weighted by molar-refractivity contribution is -0.139. The van der Waals surface area contributed by atoms with Gasteiger partial charge in [0.2, 0.25) is 11.8 Å². The Morgan fingerprint density at radius 3 is 2.12 bits per heavy atom. The second-order valence-electron chi connectivity index (χ2n) is 9.39. The molecule has 0 aromatic heterocycles. The van der Waals surface area contributed by atoms with Crippen LogP contribution in [0.5, 0.6) is 5.75 Å². The SMILES string of the molecule is CCOc1ccc(N(CC(=O)N(Cc2ccc(F)cc2)[C@@H](C)C(=O)N[C@H](C)CC)S(=O)(=O)c2ccccc2)cc1. The number of halogens is 1. The Bertz CT molecular complexity index is 1370. The quantitative estimate of drug-likeness (QED) is 0.321. The van der Waals surface area contributed by atoms with Crippen LogP contribution >= 0.6 is 0 Å². The zero-order valence-corrected chi connectivity index (χ0v) is 24.0. The molecule has 0 bridgehead atoms. The zero-order chi connectivity index (χ0) is 29.3. The Balaban J connectivity index is 2.01. The van der Waals surface area contributed by atoms with Crippen molar-refractivity contribution < 1.29 is 27.1 Å². The van der Waals surface area contributed by atoms with E-state index >= 15 is 0 Å². The Kier molecular flexibility index (Phi) is 10.7. The minimum absolute atomic E-state index is 0.0172. The minimum atomic E-state index is -4.16. The third kappa shape index (κ3) is 7.81. The fourth-order valence-corrected chi connectivity index (χ4v) is 5.39. The van der Waals surface area contributed by atoms with E-state index in [9.17, 15) is 22.4 Å². The van der Waals surface area contributed by atoms with Crippen LogP contribution in [0, 0.1) is 5.82 Å². The average Bonchev–Trinajstić information content (AvgIpc) is 2.96. The van der Waals surface area contributed by atoms with Crippen LogP contribution in [0.1, 0.15) is 39.7 Å². The van der Waals surface area contributed by atoms with Crippen molar-refractivity contribution in [2.24, 2.45) is 0 Å². The van der Waals surface area contributed by atoms with E-state index in [0.717, 1.165) is 4.31 Å². The Morgan fingerprint density at radius 1 is 0.925 bits per heavy atom. The highest BCUT2D eigenvalue weighted by atomic mass is 32.2. The van der Waals surface area contributed by atoms with Gasteiger partial charge in [0, 0.05) is 12.6 Å². The molecule has 0 saturated carbocycles. The lowest BCUT2D eigenvalue weighted by Gasteiger charge is -2.32. The number of ether oxygens (including phenoxy) is 1. The number of sulfonamides is 1. The summed E-state index contributed by atoms with van der Waals surface area (Å²) in [5.41, 5.74) is 0.857. The van der Waals surface area contributed by atoms with Gasteiger partial charge in [-0.1, -0.05) is 37.3 Å². The summed E-state index contributed by atoms with van der Waals surface area (Å²) in [7, 11) is -4.16. The van der Waals surface area contributed by atoms with Crippen molar-refractivity contribution in [1.29, 1.82) is 0 Å². The Hall–Kier alpha value is -3.92. The van der Waals surface area contributed by atoms with Gasteiger partial charge in [-0.05, 0) is 81.3 Å². The van der Waals surface area contributed by atoms with Crippen molar-refractivity contribution in [1.82, 2.24) is 10.2 Å². The van der Waals surface area contributed by atoms with Crippen molar-refractivity contribution in [3.05, 3.63) is 90.2 Å². The van der Waals surface area contributed by atoms with E-state index in [1.54, 1.807) is 49.4 Å². The number of rotatable bonds is 13. The number of benzene rings is 3. The molecular formula is C30H36FN3O5S. The van der Waals surface area contributed by atoms with Gasteiger partial charge in [0.1, 0.15) is 24.2 Å². The van der Waals surface area contributed by atoms with Gasteiger partial charge in [-0.25, -0.2) is 12.8 Å². The van der Waals surface area contributed by atoms with Crippen molar-refractivity contribution in [2.45, 2.75) is 57.6 Å². The number of carbonyl (C=O) groups is 2. The van der Waals surface area contributed by atoms with Crippen LogP contribution in [0.15, 0.2) is 83.8 Å². The molecule has 10 heteroatoms. The third-order valence-corrected chi connectivity index (χ3v) is 8.27. The van der Waals surface area contributed by atoms with Crippen molar-refractivity contribution in [3.8, 4) is 5.75 Å². The molecule has 3 rings (SSSR count). The second kappa shape index (κ2) is 13.9. The molecule has 0 aliphatic rings. The molecule has 0 aliphatic heterocycles. The molecule has 3 aromatic carbocycles. The van der Waals surface area contributed by atoms with E-state index in [2.05, 4.69) is 5.32 Å². The largest absolute Gasteiger partial charge is 0.494 e. The van der Waals surface area contributed by atoms with Crippen molar-refractivity contribution >= 4 is 27.5 Å². The molecule has 0 heterocycles. The first kappa shape index (κ1) is 30.6. The van der Waals surface area contributed by atoms with E-state index < -0.39 is 34.3 Å². The maximum absolute atomic E-state index is 13.9. The second-order valence-corrected chi connectivity index (χ2v) is 11.3. The first-order valence-corrected chi connectivity index (χ1v) is 14.7. The van der Waals surface area contributed by atoms with Gasteiger partial charge in [0.05, 0.1) is 17.2 Å². The number of hydrogen-bond acceptors (Lipinski definition) is 5. The molecule has 0 saturated heterocycles. The molecule has 3 aromatic rings. The predicted octanol–water partition coefficient (Wildman–Crippen LogP) is 4.75. The molecule has 214 valence electrons. The van der Waals surface area contributed by atoms with Gasteiger partial charge >= 0.3 is 0 Å². The van der Waals surface area contributed by atoms with Gasteiger partial charge < -0.3 is 15.0 Å². The Morgan fingerprint density at radius 2 is 1.55 bits per heavy atom. The first-order chi connectivity index (χ1) is 19.1. The standard InChI is InChI=1S/C30H36FN3O5S/c1-5-22(3)32-30(36)23(4)33(20-24-12-14-25(31)15-13-24)29(35)21-34(26-16-18-27(19-17-26)39-6-2)40(37,38)28-10-8-7-9-11-28/h7-19,22-23H,5-6,20-21H2,1-4H3,(H,32,36)/t22-,23+/m1/s1. The fourth-order valence-electron chi connectivity index (χ4n) is 3.96. The summed E-state index contributed by atoms with van der Waals surface area (Å²) >= 11 is 0. The third-order valence-electron chi connectivity index (χ3n) is 6.48. The summed E-state index contributed by atoms with van der Waals surface area (Å²) in [6, 6.07) is 18.8. The van der Waals surface area contributed by atoms with Crippen LogP contribution in [0.3, 0.4) is 0 Å². The van der Waals surface area contributed by atoms with E-state index in [-0.39, 0.29) is 29.1 Å². The van der Waals surface area contributed by atoms with E-state index in [0.29, 0.717) is 24.3 Å². The smallest absolute Gasteiger partial charge is 0.264 e. The highest BCUT2D eigenvalue weighted by Crippen LogP contribution is 2.26. The van der Waals surface area contributed by atoms with Crippen LogP contribution < -0.4 is 14.4 Å². The van der Waals surface area contributed by atoms with Crippen molar-refractivity contribution in [2.75, 3.05) is 17.5 Å². The number of nitrogens with one attached hydrogen (secondary N) is 1. The minimum Gasteiger partial charge on any atom is -0.494 e. The fraction of sp³-hybridized carbons (Fsp3) is 0.333. The predicted molar refractivity (Wildman–Crippen MR) is 153 cm³/mol. The average molecular weight is 570 g/mol. The maximum atomic E-state index is 13.9. The summed E-state index contributed by atoms with van der Waals surface area (Å²) in [5.74, 6) is -0.837. The van der Waals surface area contributed by atoms with E-state index in [1.165, 1.54) is 41.3 Å². The van der Waals surface area contributed by atoms with Gasteiger partial charge in [-0.2, -0.15) is 0 Å². The maximum Gasteiger partial charge on any atom is 0.264 e. The molecule has 0 aliphatic carbocycles. The highest BCUT2D eigenvalue weighted by Gasteiger charge is 2.32. The first-order valence-electron chi connectivity index (χ1n) is 13.2. The molecule has 0 fully saturated rings. The van der Waals surface area contributed by atoms with Gasteiger partial charge in [-0.3, -0.25) is 13.9 Å². The van der Waals surface area contributed by atoms with Gasteiger partial charge in [0.25, 0.3) is 10.0 Å². The lowest BCUT2D eigenvalue weighted by Crippen LogP contribution is -2.52. The number of amides is 2. The molecule has 40 heavy (non-hydrogen) atoms. The lowest BCUT2D eigenvalue weighted by atomic mass is 10.1. The van der Waals surface area contributed by atoms with Crippen LogP contribution in [0.2, 0.25) is 0 Å². The molecular weight excluding hydrogens is 533 g/mol. The number of hydrogen-bond donors (Lipinski definition) is 1. The monoisotopic (exact) mass is 569 g/mol. The molecule has 0 unspecified atom stereocenters. The summed E-state index contributed by atoms with van der Waals surface area (Å²) in [6.45, 7) is 7.08. The summed E-state index contributed by atoms with van der Waals surface area (Å²) in [4.78, 5) is 28.3. The topological polar surface area (TPSA) is 96.0 Å². The van der Waals surface area contributed by atoms with Gasteiger partial charge in [-0.15, -0.1) is 0 Å². The van der Waals surface area contributed by atoms with Gasteiger partial charge in [0.15, 0.2) is 0 Å². The molecule has 1 N–H and O–H groups in total. The normalized spacial score (nSPS) is 12.7.